The van der Waals surface area contributed by atoms with Crippen molar-refractivity contribution in [3.63, 3.8) is 0 Å². The van der Waals surface area contributed by atoms with Gasteiger partial charge < -0.3 is 28.8 Å². The number of quaternary nitrogens is 1. The van der Waals surface area contributed by atoms with E-state index in [4.69, 9.17) is 9.05 Å². The van der Waals surface area contributed by atoms with Crippen molar-refractivity contribution < 1.29 is 32.9 Å². The molecule has 3 unspecified atom stereocenters. The quantitative estimate of drug-likeness (QED) is 0.0272. The first-order valence-electron chi connectivity index (χ1n) is 37.1. The highest BCUT2D eigenvalue weighted by Crippen LogP contribution is 2.38. The Morgan fingerprint density at radius 3 is 1.05 bits per heavy atom. The molecule has 1 amide bonds. The Bertz CT molecular complexity index is 1570. The van der Waals surface area contributed by atoms with Crippen LogP contribution in [0, 0.1) is 0 Å². The molecule has 0 saturated carbocycles. The number of hydrogen-bond donors (Lipinski definition) is 2. The van der Waals surface area contributed by atoms with Gasteiger partial charge in [0.2, 0.25) is 5.91 Å². The Morgan fingerprint density at radius 1 is 0.424 bits per heavy atom. The van der Waals surface area contributed by atoms with Crippen LogP contribution in [-0.4, -0.2) is 68.5 Å². The van der Waals surface area contributed by atoms with E-state index in [0.29, 0.717) is 23.9 Å². The first-order chi connectivity index (χ1) is 41.5. The molecule has 0 heterocycles. The maximum Gasteiger partial charge on any atom is 0.268 e. The lowest BCUT2D eigenvalue weighted by Gasteiger charge is -2.30. The number of rotatable bonds is 69. The van der Waals surface area contributed by atoms with E-state index >= 15 is 0 Å². The maximum absolute atomic E-state index is 13.1. The summed E-state index contributed by atoms with van der Waals surface area (Å²) in [6, 6.07) is -0.801. The fraction of sp³-hybridized carbons (Fsp3) is 0.855. The molecule has 0 aromatic carbocycles. The summed E-state index contributed by atoms with van der Waals surface area (Å²) in [5.41, 5.74) is 0. The molecule has 0 aliphatic rings. The van der Waals surface area contributed by atoms with Crippen molar-refractivity contribution in [2.24, 2.45) is 0 Å². The smallest absolute Gasteiger partial charge is 0.268 e. The van der Waals surface area contributed by atoms with E-state index in [9.17, 15) is 19.4 Å². The highest BCUT2D eigenvalue weighted by molar-refractivity contribution is 7.45. The van der Waals surface area contributed by atoms with Gasteiger partial charge in [-0.25, -0.2) is 0 Å². The van der Waals surface area contributed by atoms with Gasteiger partial charge in [0.1, 0.15) is 13.2 Å². The molecule has 0 aromatic rings. The van der Waals surface area contributed by atoms with Gasteiger partial charge in [0.15, 0.2) is 0 Å². The summed E-state index contributed by atoms with van der Waals surface area (Å²) in [5, 5.41) is 14.1. The minimum atomic E-state index is -4.58. The lowest BCUT2D eigenvalue weighted by atomic mass is 10.0. The van der Waals surface area contributed by atoms with E-state index in [1.807, 2.05) is 21.1 Å². The minimum absolute atomic E-state index is 0.0141. The molecule has 3 atom stereocenters. The van der Waals surface area contributed by atoms with Crippen LogP contribution in [0.15, 0.2) is 60.8 Å². The summed E-state index contributed by atoms with van der Waals surface area (Å²) in [5.74, 6) is -0.157. The standard InChI is InChI=1S/C76H145N2O6P/c1-6-8-10-12-14-16-18-20-22-24-26-28-30-31-32-33-34-35-36-37-38-39-40-41-42-43-44-45-46-47-48-50-52-54-56-58-60-62-64-66-68-70-76(80)77-74(73-84-85(81,82)83-72-71-78(3,4)5)75(79)69-67-65-63-61-59-57-55-53-51-49-29-27-25-23-21-19-17-15-13-11-9-7-2/h8,10,14,16,20,22,26,28,31-32,74-75,79H,6-7,9,11-13,15,17-19,21,23-25,27,29-30,33-73H2,1-5H3,(H-,77,80,81,82)/b10-8-,16-14-,22-20-,28-26-,32-31-. The predicted octanol–water partition coefficient (Wildman–Crippen LogP) is 23.3. The molecule has 0 aromatic heterocycles. The average Bonchev–Trinajstić information content (AvgIpc) is 3.48. The second-order valence-electron chi connectivity index (χ2n) is 26.6. The maximum atomic E-state index is 13.1. The summed E-state index contributed by atoms with van der Waals surface area (Å²) in [7, 11) is 1.32. The number of likely N-dealkylation sites (N-methyl/N-ethyl adjacent to an activating group) is 1. The van der Waals surface area contributed by atoms with Crippen LogP contribution in [0.4, 0.5) is 0 Å². The lowest BCUT2D eigenvalue weighted by molar-refractivity contribution is -0.870. The molecule has 9 heteroatoms. The summed E-state index contributed by atoms with van der Waals surface area (Å²) < 4.78 is 23.6. The summed E-state index contributed by atoms with van der Waals surface area (Å²) >= 11 is 0. The number of phosphoric acid groups is 1. The third-order valence-electron chi connectivity index (χ3n) is 17.0. The number of carbonyl (C=O) groups excluding carboxylic acids is 1. The number of phosphoric ester groups is 1. The fourth-order valence-corrected chi connectivity index (χ4v) is 12.0. The average molecular weight is 1210 g/mol. The SMILES string of the molecule is CC/C=C\C/C=C\C/C=C\C/C=C\C/C=C\CCCCCCCCCCCCCCCCCCCCCCCCCCCC(=O)NC(COP(=O)([O-])OCC[N+](C)(C)C)C(O)CCCCCCCCCCCCCCCCCCCCCCCC. The second kappa shape index (κ2) is 66.6. The van der Waals surface area contributed by atoms with Gasteiger partial charge in [0.05, 0.1) is 39.9 Å². The number of allylic oxidation sites excluding steroid dienone is 10. The van der Waals surface area contributed by atoms with E-state index in [-0.39, 0.29) is 19.1 Å². The highest BCUT2D eigenvalue weighted by Gasteiger charge is 2.24. The fourth-order valence-electron chi connectivity index (χ4n) is 11.3. The minimum Gasteiger partial charge on any atom is -0.756 e. The number of aliphatic hydroxyl groups excluding tert-OH is 1. The number of nitrogens with one attached hydrogen (secondary N) is 1. The second-order valence-corrected chi connectivity index (χ2v) is 28.0. The third kappa shape index (κ3) is 69.5. The van der Waals surface area contributed by atoms with E-state index in [2.05, 4.69) is 79.9 Å². The third-order valence-corrected chi connectivity index (χ3v) is 18.0. The number of nitrogens with zero attached hydrogens (tertiary/aromatic N) is 1. The summed E-state index contributed by atoms with van der Waals surface area (Å²) in [4.78, 5) is 25.7. The number of aliphatic hydroxyl groups is 1. The van der Waals surface area contributed by atoms with Crippen molar-refractivity contribution in [2.75, 3.05) is 40.9 Å². The Morgan fingerprint density at radius 2 is 0.718 bits per heavy atom. The molecule has 0 bridgehead atoms. The van der Waals surface area contributed by atoms with Crippen LogP contribution in [-0.2, 0) is 18.4 Å². The van der Waals surface area contributed by atoms with Crippen molar-refractivity contribution in [1.82, 2.24) is 5.32 Å². The van der Waals surface area contributed by atoms with Gasteiger partial charge in [0, 0.05) is 6.42 Å². The zero-order valence-corrected chi connectivity index (χ0v) is 58.2. The summed E-state index contributed by atoms with van der Waals surface area (Å²) in [6.45, 7) is 4.66. The first-order valence-corrected chi connectivity index (χ1v) is 38.6. The van der Waals surface area contributed by atoms with Crippen LogP contribution in [0.1, 0.15) is 367 Å². The van der Waals surface area contributed by atoms with Crippen molar-refractivity contribution in [2.45, 2.75) is 379 Å². The van der Waals surface area contributed by atoms with E-state index in [0.717, 1.165) is 70.6 Å². The van der Waals surface area contributed by atoms with Gasteiger partial charge in [0.25, 0.3) is 7.82 Å². The van der Waals surface area contributed by atoms with Crippen molar-refractivity contribution >= 4 is 13.7 Å². The molecule has 0 fully saturated rings. The molecule has 0 aliphatic carbocycles. The van der Waals surface area contributed by atoms with Crippen LogP contribution in [0.2, 0.25) is 0 Å². The van der Waals surface area contributed by atoms with Crippen LogP contribution in [0.5, 0.6) is 0 Å². The van der Waals surface area contributed by atoms with Gasteiger partial charge in [-0.1, -0.05) is 364 Å². The Hall–Kier alpha value is -1.80. The monoisotopic (exact) mass is 1210 g/mol. The van der Waals surface area contributed by atoms with E-state index in [1.54, 1.807) is 0 Å². The molecule has 500 valence electrons. The topological polar surface area (TPSA) is 108 Å². The molecule has 0 saturated heterocycles. The van der Waals surface area contributed by atoms with Gasteiger partial charge in [-0.05, 0) is 57.8 Å². The van der Waals surface area contributed by atoms with Crippen molar-refractivity contribution in [3.8, 4) is 0 Å². The van der Waals surface area contributed by atoms with Gasteiger partial charge in [-0.2, -0.15) is 0 Å². The van der Waals surface area contributed by atoms with E-state index < -0.39 is 20.0 Å². The van der Waals surface area contributed by atoms with Crippen molar-refractivity contribution in [3.05, 3.63) is 60.8 Å². The first kappa shape index (κ1) is 83.2. The molecule has 0 spiro atoms. The zero-order valence-electron chi connectivity index (χ0n) is 57.3. The van der Waals surface area contributed by atoms with Gasteiger partial charge in [-0.15, -0.1) is 0 Å². The number of carbonyl (C=O) groups is 1. The lowest BCUT2D eigenvalue weighted by Crippen LogP contribution is -2.46. The van der Waals surface area contributed by atoms with Crippen LogP contribution in [0.3, 0.4) is 0 Å². The molecule has 2 N–H and O–H groups in total. The van der Waals surface area contributed by atoms with Gasteiger partial charge >= 0.3 is 0 Å². The molecular formula is C76H145N2O6P. The van der Waals surface area contributed by atoms with E-state index in [1.165, 1.54) is 270 Å². The van der Waals surface area contributed by atoms with Crippen LogP contribution < -0.4 is 10.2 Å². The molecule has 0 aliphatic heterocycles. The Labute approximate surface area is 530 Å². The van der Waals surface area contributed by atoms with Gasteiger partial charge in [-0.3, -0.25) is 9.36 Å². The number of amides is 1. The van der Waals surface area contributed by atoms with Crippen molar-refractivity contribution in [1.29, 1.82) is 0 Å². The Kier molecular flexibility index (Phi) is 65.2. The Balaban J connectivity index is 3.89. The normalized spacial score (nSPS) is 13.9. The number of hydrogen-bond acceptors (Lipinski definition) is 6. The van der Waals surface area contributed by atoms with Crippen LogP contribution in [0.25, 0.3) is 0 Å². The highest BCUT2D eigenvalue weighted by atomic mass is 31.2. The molecule has 85 heavy (non-hydrogen) atoms. The molecule has 8 nitrogen and oxygen atoms in total. The largest absolute Gasteiger partial charge is 0.756 e. The predicted molar refractivity (Wildman–Crippen MR) is 371 cm³/mol. The summed E-state index contributed by atoms with van der Waals surface area (Å²) in [6.07, 6.45) is 91.8. The molecule has 0 rings (SSSR count). The zero-order chi connectivity index (χ0) is 61.9. The van der Waals surface area contributed by atoms with Crippen LogP contribution >= 0.6 is 7.82 Å². The number of unbranched alkanes of at least 4 members (excludes halogenated alkanes) is 46. The molecule has 0 radical (unpaired) electrons. The molecular weight excluding hydrogens is 1070 g/mol.